The van der Waals surface area contributed by atoms with Crippen molar-refractivity contribution in [3.8, 4) is 0 Å². The fourth-order valence-corrected chi connectivity index (χ4v) is 1.68. The quantitative estimate of drug-likeness (QED) is 0.677. The highest BCUT2D eigenvalue weighted by Gasteiger charge is 2.27. The fourth-order valence-electron chi connectivity index (χ4n) is 1.68. The lowest BCUT2D eigenvalue weighted by Crippen LogP contribution is -2.48. The Labute approximate surface area is 82.5 Å². The molecule has 5 nitrogen and oxygen atoms in total. The Morgan fingerprint density at radius 3 is 3.07 bits per heavy atom. The summed E-state index contributed by atoms with van der Waals surface area (Å²) in [6.07, 6.45) is 3.55. The van der Waals surface area contributed by atoms with Gasteiger partial charge >= 0.3 is 0 Å². The van der Waals surface area contributed by atoms with Crippen molar-refractivity contribution in [1.82, 2.24) is 9.78 Å². The summed E-state index contributed by atoms with van der Waals surface area (Å²) in [4.78, 5) is 13.3. The van der Waals surface area contributed by atoms with E-state index in [4.69, 9.17) is 5.73 Å². The molecule has 0 saturated carbocycles. The highest BCUT2D eigenvalue weighted by atomic mass is 16.2. The molecule has 1 aromatic heterocycles. The average Bonchev–Trinajstić information content (AvgIpc) is 2.57. The molecule has 1 saturated heterocycles. The predicted octanol–water partition coefficient (Wildman–Crippen LogP) is -0.126. The second-order valence-corrected chi connectivity index (χ2v) is 3.59. The van der Waals surface area contributed by atoms with Crippen LogP contribution in [0.5, 0.6) is 0 Å². The lowest BCUT2D eigenvalue weighted by atomic mass is 10.1. The van der Waals surface area contributed by atoms with Crippen molar-refractivity contribution in [1.29, 1.82) is 0 Å². The number of aryl methyl sites for hydroxylation is 1. The van der Waals surface area contributed by atoms with E-state index in [0.29, 0.717) is 5.82 Å². The largest absolute Gasteiger partial charge is 0.320 e. The maximum absolute atomic E-state index is 11.7. The number of nitrogens with zero attached hydrogens (tertiary/aromatic N) is 3. The van der Waals surface area contributed by atoms with Gasteiger partial charge in [0, 0.05) is 25.9 Å². The summed E-state index contributed by atoms with van der Waals surface area (Å²) in [5.41, 5.74) is 5.69. The molecule has 14 heavy (non-hydrogen) atoms. The number of anilines is 1. The molecular formula is C9H14N4O. The maximum atomic E-state index is 11.7. The van der Waals surface area contributed by atoms with Gasteiger partial charge in [-0.25, -0.2) is 0 Å². The molecule has 2 heterocycles. The molecule has 1 aliphatic heterocycles. The number of carbonyl (C=O) groups is 1. The molecule has 1 aliphatic rings. The molecule has 5 heteroatoms. The number of hydrogen-bond donors (Lipinski definition) is 1. The number of hydrogen-bond acceptors (Lipinski definition) is 3. The lowest BCUT2D eigenvalue weighted by Gasteiger charge is -2.28. The number of carbonyl (C=O) groups excluding carboxylic acids is 1. The van der Waals surface area contributed by atoms with Crippen LogP contribution >= 0.6 is 0 Å². The Morgan fingerprint density at radius 1 is 1.64 bits per heavy atom. The molecule has 2 N–H and O–H groups in total. The van der Waals surface area contributed by atoms with Crippen LogP contribution < -0.4 is 10.6 Å². The van der Waals surface area contributed by atoms with Gasteiger partial charge in [0.1, 0.15) is 0 Å². The van der Waals surface area contributed by atoms with Crippen LogP contribution in [0.3, 0.4) is 0 Å². The van der Waals surface area contributed by atoms with E-state index in [2.05, 4.69) is 5.10 Å². The van der Waals surface area contributed by atoms with Crippen molar-refractivity contribution < 1.29 is 4.79 Å². The molecule has 0 aromatic carbocycles. The predicted molar refractivity (Wildman–Crippen MR) is 52.8 cm³/mol. The molecule has 0 radical (unpaired) electrons. The molecule has 0 unspecified atom stereocenters. The van der Waals surface area contributed by atoms with E-state index in [9.17, 15) is 4.79 Å². The second-order valence-electron chi connectivity index (χ2n) is 3.59. The molecule has 0 spiro atoms. The summed E-state index contributed by atoms with van der Waals surface area (Å²) in [7, 11) is 1.83. The summed E-state index contributed by atoms with van der Waals surface area (Å²) in [5, 5.41) is 4.19. The van der Waals surface area contributed by atoms with Crippen molar-refractivity contribution in [3.63, 3.8) is 0 Å². The summed E-state index contributed by atoms with van der Waals surface area (Å²) in [6, 6.07) is 1.47. The van der Waals surface area contributed by atoms with Crippen molar-refractivity contribution in [2.75, 3.05) is 11.4 Å². The van der Waals surface area contributed by atoms with Gasteiger partial charge in [0.15, 0.2) is 5.82 Å². The van der Waals surface area contributed by atoms with Crippen molar-refractivity contribution in [3.05, 3.63) is 12.3 Å². The average molecular weight is 194 g/mol. The summed E-state index contributed by atoms with van der Waals surface area (Å²) in [6.45, 7) is 0.726. The number of amides is 1. The van der Waals surface area contributed by atoms with Crippen LogP contribution in [-0.4, -0.2) is 28.3 Å². The minimum absolute atomic E-state index is 0.0186. The van der Waals surface area contributed by atoms with Crippen molar-refractivity contribution >= 4 is 11.7 Å². The van der Waals surface area contributed by atoms with E-state index in [-0.39, 0.29) is 11.9 Å². The maximum Gasteiger partial charge on any atom is 0.245 e. The van der Waals surface area contributed by atoms with Crippen LogP contribution in [0.15, 0.2) is 12.3 Å². The van der Waals surface area contributed by atoms with E-state index in [1.54, 1.807) is 9.58 Å². The van der Waals surface area contributed by atoms with Gasteiger partial charge in [0.25, 0.3) is 0 Å². The van der Waals surface area contributed by atoms with Crippen molar-refractivity contribution in [2.24, 2.45) is 12.8 Å². The van der Waals surface area contributed by atoms with Gasteiger partial charge in [-0.15, -0.1) is 0 Å². The number of nitrogens with two attached hydrogens (primary N) is 1. The molecule has 1 amide bonds. The van der Waals surface area contributed by atoms with Gasteiger partial charge in [0.05, 0.1) is 6.04 Å². The Kier molecular flexibility index (Phi) is 2.25. The van der Waals surface area contributed by atoms with Gasteiger partial charge in [-0.05, 0) is 12.8 Å². The Morgan fingerprint density at radius 2 is 2.43 bits per heavy atom. The third kappa shape index (κ3) is 1.50. The van der Waals surface area contributed by atoms with Crippen LogP contribution in [-0.2, 0) is 11.8 Å². The topological polar surface area (TPSA) is 64.2 Å². The lowest BCUT2D eigenvalue weighted by molar-refractivity contribution is -0.120. The van der Waals surface area contributed by atoms with Crippen LogP contribution in [0.25, 0.3) is 0 Å². The smallest absolute Gasteiger partial charge is 0.245 e. The Bertz CT molecular complexity index is 346. The highest BCUT2D eigenvalue weighted by molar-refractivity contribution is 5.96. The van der Waals surface area contributed by atoms with Crippen LogP contribution in [0.4, 0.5) is 5.82 Å². The minimum atomic E-state index is -0.356. The number of rotatable bonds is 1. The fraction of sp³-hybridized carbons (Fsp3) is 0.556. The first-order chi connectivity index (χ1) is 6.68. The Hall–Kier alpha value is -1.36. The van der Waals surface area contributed by atoms with E-state index >= 15 is 0 Å². The second kappa shape index (κ2) is 3.42. The summed E-state index contributed by atoms with van der Waals surface area (Å²) >= 11 is 0. The van der Waals surface area contributed by atoms with Crippen LogP contribution in [0.1, 0.15) is 12.8 Å². The third-order valence-corrected chi connectivity index (χ3v) is 2.46. The number of piperidine rings is 1. The molecule has 0 aliphatic carbocycles. The zero-order valence-electron chi connectivity index (χ0n) is 8.18. The van der Waals surface area contributed by atoms with E-state index in [1.807, 2.05) is 19.3 Å². The highest BCUT2D eigenvalue weighted by Crippen LogP contribution is 2.17. The SMILES string of the molecule is Cn1ccc(N2CCC[C@H](N)C2=O)n1. The van der Waals surface area contributed by atoms with Gasteiger partial charge in [0.2, 0.25) is 5.91 Å². The number of aromatic nitrogens is 2. The van der Waals surface area contributed by atoms with Gasteiger partial charge in [-0.2, -0.15) is 5.10 Å². The minimum Gasteiger partial charge on any atom is -0.320 e. The van der Waals surface area contributed by atoms with E-state index in [0.717, 1.165) is 19.4 Å². The first kappa shape index (κ1) is 9.21. The summed E-state index contributed by atoms with van der Waals surface area (Å²) < 4.78 is 1.68. The molecule has 1 atom stereocenters. The first-order valence-corrected chi connectivity index (χ1v) is 4.75. The molecule has 2 rings (SSSR count). The van der Waals surface area contributed by atoms with Gasteiger partial charge in [-0.3, -0.25) is 14.4 Å². The molecule has 76 valence electrons. The monoisotopic (exact) mass is 194 g/mol. The normalized spacial score (nSPS) is 22.9. The first-order valence-electron chi connectivity index (χ1n) is 4.75. The molecule has 0 bridgehead atoms. The van der Waals surface area contributed by atoms with Gasteiger partial charge in [-0.1, -0.05) is 0 Å². The van der Waals surface area contributed by atoms with Crippen LogP contribution in [0.2, 0.25) is 0 Å². The molecule has 1 fully saturated rings. The zero-order valence-corrected chi connectivity index (χ0v) is 8.18. The van der Waals surface area contributed by atoms with Crippen LogP contribution in [0, 0.1) is 0 Å². The standard InChI is InChI=1S/C9H14N4O/c1-12-6-4-8(11-12)13-5-2-3-7(10)9(13)14/h4,6-7H,2-3,5,10H2,1H3/t7-/m0/s1. The zero-order chi connectivity index (χ0) is 10.1. The molecular weight excluding hydrogens is 180 g/mol. The third-order valence-electron chi connectivity index (χ3n) is 2.46. The Balaban J connectivity index is 2.21. The summed E-state index contributed by atoms with van der Waals surface area (Å²) in [5.74, 6) is 0.683. The van der Waals surface area contributed by atoms with Crippen molar-refractivity contribution in [2.45, 2.75) is 18.9 Å². The van der Waals surface area contributed by atoms with E-state index < -0.39 is 0 Å². The van der Waals surface area contributed by atoms with Gasteiger partial charge < -0.3 is 5.73 Å². The molecule has 1 aromatic rings. The van der Waals surface area contributed by atoms with E-state index in [1.165, 1.54) is 0 Å².